The number of unbranched alkanes of at least 4 members (excludes halogenated alkanes) is 26. The molecule has 0 bridgehead atoms. The van der Waals surface area contributed by atoms with Gasteiger partial charge in [-0.05, 0) is 96.3 Å². The number of esters is 3. The van der Waals surface area contributed by atoms with Gasteiger partial charge in [-0.25, -0.2) is 0 Å². The molecule has 71 heavy (non-hydrogen) atoms. The molecule has 0 radical (unpaired) electrons. The van der Waals surface area contributed by atoms with Gasteiger partial charge in [0.25, 0.3) is 0 Å². The number of allylic oxidation sites excluding steroid dienone is 16. The van der Waals surface area contributed by atoms with Crippen LogP contribution in [0.2, 0.25) is 0 Å². The van der Waals surface area contributed by atoms with Crippen molar-refractivity contribution in [2.24, 2.45) is 0 Å². The van der Waals surface area contributed by atoms with E-state index < -0.39 is 6.10 Å². The van der Waals surface area contributed by atoms with E-state index in [0.29, 0.717) is 19.3 Å². The molecule has 6 nitrogen and oxygen atoms in total. The zero-order valence-corrected chi connectivity index (χ0v) is 46.5. The summed E-state index contributed by atoms with van der Waals surface area (Å²) in [7, 11) is 0. The molecule has 0 aliphatic rings. The van der Waals surface area contributed by atoms with Crippen LogP contribution in [0.1, 0.15) is 278 Å². The van der Waals surface area contributed by atoms with Crippen LogP contribution in [-0.4, -0.2) is 37.2 Å². The molecule has 0 aromatic carbocycles. The van der Waals surface area contributed by atoms with Gasteiger partial charge in [0.05, 0.1) is 0 Å². The van der Waals surface area contributed by atoms with E-state index in [4.69, 9.17) is 14.2 Å². The normalized spacial score (nSPS) is 12.8. The van der Waals surface area contributed by atoms with Gasteiger partial charge in [-0.3, -0.25) is 14.4 Å². The van der Waals surface area contributed by atoms with Crippen molar-refractivity contribution in [3.8, 4) is 0 Å². The van der Waals surface area contributed by atoms with Crippen LogP contribution in [0.15, 0.2) is 97.2 Å². The lowest BCUT2D eigenvalue weighted by Gasteiger charge is -2.18. The molecule has 0 aliphatic heterocycles. The van der Waals surface area contributed by atoms with E-state index in [1.807, 2.05) is 0 Å². The Morgan fingerprint density at radius 1 is 0.296 bits per heavy atom. The van der Waals surface area contributed by atoms with Crippen LogP contribution in [0.25, 0.3) is 0 Å². The summed E-state index contributed by atoms with van der Waals surface area (Å²) in [6, 6.07) is 0. The molecule has 0 fully saturated rings. The highest BCUT2D eigenvalue weighted by Crippen LogP contribution is 2.16. The fraction of sp³-hybridized carbons (Fsp3) is 0.708. The maximum absolute atomic E-state index is 12.9. The number of hydrogen-bond acceptors (Lipinski definition) is 6. The molecule has 0 N–H and O–H groups in total. The van der Waals surface area contributed by atoms with E-state index in [9.17, 15) is 14.4 Å². The third-order valence-electron chi connectivity index (χ3n) is 12.6. The third kappa shape index (κ3) is 57.1. The van der Waals surface area contributed by atoms with Crippen LogP contribution in [0, 0.1) is 0 Å². The van der Waals surface area contributed by atoms with Crippen molar-refractivity contribution in [3.63, 3.8) is 0 Å². The first-order chi connectivity index (χ1) is 35.0. The molecule has 1 unspecified atom stereocenters. The number of ether oxygens (including phenoxy) is 3. The summed E-state index contributed by atoms with van der Waals surface area (Å²) in [6.07, 6.45) is 78.2. The molecule has 0 saturated carbocycles. The minimum atomic E-state index is -0.787. The van der Waals surface area contributed by atoms with E-state index in [1.54, 1.807) is 0 Å². The molecule has 0 amide bonds. The predicted octanol–water partition coefficient (Wildman–Crippen LogP) is 20.1. The Morgan fingerprint density at radius 2 is 0.549 bits per heavy atom. The molecule has 0 saturated heterocycles. The summed E-state index contributed by atoms with van der Waals surface area (Å²) in [5, 5.41) is 0. The molecule has 406 valence electrons. The summed E-state index contributed by atoms with van der Waals surface area (Å²) in [4.78, 5) is 38.2. The van der Waals surface area contributed by atoms with Crippen molar-refractivity contribution < 1.29 is 28.6 Å². The highest BCUT2D eigenvalue weighted by molar-refractivity contribution is 5.71. The highest BCUT2D eigenvalue weighted by atomic mass is 16.6. The van der Waals surface area contributed by atoms with Gasteiger partial charge in [-0.15, -0.1) is 0 Å². The Hall–Kier alpha value is -3.67. The molecular formula is C65H110O6. The number of carbonyl (C=O) groups is 3. The molecule has 0 aromatic rings. The first-order valence-corrected chi connectivity index (χ1v) is 29.7. The molecule has 0 rings (SSSR count). The Morgan fingerprint density at radius 3 is 0.859 bits per heavy atom. The zero-order chi connectivity index (χ0) is 51.4. The highest BCUT2D eigenvalue weighted by Gasteiger charge is 2.19. The number of hydrogen-bond donors (Lipinski definition) is 0. The van der Waals surface area contributed by atoms with E-state index in [2.05, 4.69) is 118 Å². The maximum Gasteiger partial charge on any atom is 0.306 e. The predicted molar refractivity (Wildman–Crippen MR) is 307 cm³/mol. The van der Waals surface area contributed by atoms with E-state index >= 15 is 0 Å². The Labute approximate surface area is 438 Å². The molecule has 0 aromatic heterocycles. The van der Waals surface area contributed by atoms with Crippen molar-refractivity contribution in [1.29, 1.82) is 0 Å². The number of rotatable bonds is 53. The van der Waals surface area contributed by atoms with Crippen LogP contribution in [0.4, 0.5) is 0 Å². The lowest BCUT2D eigenvalue weighted by atomic mass is 10.0. The van der Waals surface area contributed by atoms with Crippen molar-refractivity contribution in [1.82, 2.24) is 0 Å². The van der Waals surface area contributed by atoms with E-state index in [1.165, 1.54) is 116 Å². The second kappa shape index (κ2) is 58.9. The van der Waals surface area contributed by atoms with Crippen molar-refractivity contribution in [2.75, 3.05) is 13.2 Å². The van der Waals surface area contributed by atoms with E-state index in [-0.39, 0.29) is 31.1 Å². The lowest BCUT2D eigenvalue weighted by molar-refractivity contribution is -0.167. The maximum atomic E-state index is 12.9. The Balaban J connectivity index is 4.38. The molecule has 0 aliphatic carbocycles. The molecule has 6 heteroatoms. The van der Waals surface area contributed by atoms with Crippen LogP contribution < -0.4 is 0 Å². The minimum Gasteiger partial charge on any atom is -0.462 e. The molecular weight excluding hydrogens is 877 g/mol. The summed E-state index contributed by atoms with van der Waals surface area (Å²) < 4.78 is 16.9. The van der Waals surface area contributed by atoms with Crippen molar-refractivity contribution in [2.45, 2.75) is 284 Å². The van der Waals surface area contributed by atoms with Gasteiger partial charge in [-0.1, -0.05) is 259 Å². The van der Waals surface area contributed by atoms with Gasteiger partial charge in [0, 0.05) is 19.3 Å². The van der Waals surface area contributed by atoms with Gasteiger partial charge in [-0.2, -0.15) is 0 Å². The fourth-order valence-electron chi connectivity index (χ4n) is 8.19. The van der Waals surface area contributed by atoms with Crippen molar-refractivity contribution >= 4 is 17.9 Å². The second-order valence-corrected chi connectivity index (χ2v) is 19.5. The first-order valence-electron chi connectivity index (χ1n) is 29.7. The third-order valence-corrected chi connectivity index (χ3v) is 12.6. The largest absolute Gasteiger partial charge is 0.462 e. The summed E-state index contributed by atoms with van der Waals surface area (Å²) in [5.41, 5.74) is 0. The molecule has 0 heterocycles. The van der Waals surface area contributed by atoms with Crippen molar-refractivity contribution in [3.05, 3.63) is 97.2 Å². The first kappa shape index (κ1) is 67.3. The fourth-order valence-corrected chi connectivity index (χ4v) is 8.19. The SMILES string of the molecule is CC/C=C\C/C=C\C/C=C\C/C=C\C/C=C\CCCCCCCCCC(=O)OCC(COC(=O)CCCCCCCCCCCCCCC)OC(=O)CCCCCCCCC/C=C\C/C=C\C/C=C\CC. The monoisotopic (exact) mass is 987 g/mol. The van der Waals surface area contributed by atoms with Crippen LogP contribution in [-0.2, 0) is 28.6 Å². The summed E-state index contributed by atoms with van der Waals surface area (Å²) in [6.45, 7) is 6.41. The number of carbonyl (C=O) groups excluding carboxylic acids is 3. The van der Waals surface area contributed by atoms with Gasteiger partial charge >= 0.3 is 17.9 Å². The smallest absolute Gasteiger partial charge is 0.306 e. The molecule has 0 spiro atoms. The van der Waals surface area contributed by atoms with Gasteiger partial charge in [0.15, 0.2) is 6.10 Å². The van der Waals surface area contributed by atoms with Crippen LogP contribution in [0.5, 0.6) is 0 Å². The topological polar surface area (TPSA) is 78.9 Å². The quantitative estimate of drug-likeness (QED) is 0.0261. The summed E-state index contributed by atoms with van der Waals surface area (Å²) in [5.74, 6) is -0.898. The summed E-state index contributed by atoms with van der Waals surface area (Å²) >= 11 is 0. The zero-order valence-electron chi connectivity index (χ0n) is 46.5. The average molecular weight is 988 g/mol. The van der Waals surface area contributed by atoms with Gasteiger partial charge < -0.3 is 14.2 Å². The Kier molecular flexibility index (Phi) is 55.9. The minimum absolute atomic E-state index is 0.0834. The lowest BCUT2D eigenvalue weighted by Crippen LogP contribution is -2.30. The van der Waals surface area contributed by atoms with Gasteiger partial charge in [0.1, 0.15) is 13.2 Å². The van der Waals surface area contributed by atoms with Gasteiger partial charge in [0.2, 0.25) is 0 Å². The molecule has 1 atom stereocenters. The van der Waals surface area contributed by atoms with Crippen LogP contribution >= 0.6 is 0 Å². The Bertz CT molecular complexity index is 1410. The average Bonchev–Trinajstić information content (AvgIpc) is 3.37. The standard InChI is InChI=1S/C65H110O6/c1-4-7-10-13-16-19-22-25-27-29-30-31-32-33-34-36-37-40-43-46-49-52-55-58-64(67)70-61-62(60-69-63(66)57-54-51-48-45-42-39-24-21-18-15-12-9-6-3)71-65(68)59-56-53-50-47-44-41-38-35-28-26-23-20-17-14-11-8-5-2/h7-8,10-11,16-17,19-20,25-28,30-31,33-34,62H,4-6,9,12-15,18,21-24,29,32,35-61H2,1-3H3/b10-7-,11-8-,19-16-,20-17-,27-25-,28-26-,31-30-,34-33-. The second-order valence-electron chi connectivity index (χ2n) is 19.5. The van der Waals surface area contributed by atoms with Crippen LogP contribution in [0.3, 0.4) is 0 Å². The van der Waals surface area contributed by atoms with E-state index in [0.717, 1.165) is 122 Å².